The highest BCUT2D eigenvalue weighted by atomic mass is 32.2. The molecule has 0 saturated carbocycles. The molecule has 3 heterocycles. The number of nitrogen functional groups attached to an aromatic ring is 1. The Hall–Kier alpha value is -4.37. The zero-order chi connectivity index (χ0) is 27.2. The van der Waals surface area contributed by atoms with Crippen LogP contribution in [-0.2, 0) is 13.0 Å². The van der Waals surface area contributed by atoms with Crippen LogP contribution in [0.25, 0.3) is 16.8 Å². The lowest BCUT2D eigenvalue weighted by Crippen LogP contribution is -2.24. The minimum atomic E-state index is -0.253. The molecule has 39 heavy (non-hydrogen) atoms. The third-order valence-corrected chi connectivity index (χ3v) is 7.45. The summed E-state index contributed by atoms with van der Waals surface area (Å²) in [5.74, 6) is 0.257. The molecule has 3 aromatic heterocycles. The molecule has 1 amide bonds. The number of hydrogen-bond donors (Lipinski definition) is 2. The molecule has 5 aromatic rings. The monoisotopic (exact) mass is 538 g/mol. The van der Waals surface area contributed by atoms with Gasteiger partial charge in [0, 0.05) is 34.3 Å². The van der Waals surface area contributed by atoms with E-state index in [2.05, 4.69) is 57.6 Å². The molecule has 0 atom stereocenters. The molecule has 0 aliphatic rings. The predicted octanol–water partition coefficient (Wildman–Crippen LogP) is 5.81. The summed E-state index contributed by atoms with van der Waals surface area (Å²) in [7, 11) is 0. The van der Waals surface area contributed by atoms with E-state index in [0.29, 0.717) is 30.2 Å². The van der Waals surface area contributed by atoms with Crippen LogP contribution in [0.2, 0.25) is 0 Å². The van der Waals surface area contributed by atoms with Crippen molar-refractivity contribution in [1.29, 1.82) is 0 Å². The second-order valence-corrected chi connectivity index (χ2v) is 10.1. The molecule has 9 heteroatoms. The minimum absolute atomic E-state index is 0.199. The number of pyridine rings is 2. The lowest BCUT2D eigenvalue weighted by molar-refractivity contribution is 0.0945. The van der Waals surface area contributed by atoms with Crippen molar-refractivity contribution in [3.63, 3.8) is 0 Å². The van der Waals surface area contributed by atoms with Crippen LogP contribution >= 0.6 is 11.8 Å². The van der Waals surface area contributed by atoms with Gasteiger partial charge in [0.1, 0.15) is 5.56 Å². The van der Waals surface area contributed by atoms with Crippen LogP contribution in [-0.4, -0.2) is 32.1 Å². The number of benzene rings is 2. The normalized spacial score (nSPS) is 11.0. The maximum atomic E-state index is 13.5. The first-order valence-electron chi connectivity index (χ1n) is 12.9. The van der Waals surface area contributed by atoms with Gasteiger partial charge in [0.25, 0.3) is 5.91 Å². The average Bonchev–Trinajstić information content (AvgIpc) is 3.35. The largest absolute Gasteiger partial charge is 0.477 e. The molecule has 8 nitrogen and oxygen atoms in total. The van der Waals surface area contributed by atoms with Crippen LogP contribution in [0, 0.1) is 0 Å². The summed E-state index contributed by atoms with van der Waals surface area (Å²) in [4.78, 5) is 24.5. The van der Waals surface area contributed by atoms with Crippen LogP contribution in [0.3, 0.4) is 0 Å². The molecule has 0 saturated heterocycles. The smallest absolute Gasteiger partial charge is 0.257 e. The number of ether oxygens (including phenoxy) is 1. The fourth-order valence-electron chi connectivity index (χ4n) is 4.20. The first kappa shape index (κ1) is 26.2. The van der Waals surface area contributed by atoms with Crippen molar-refractivity contribution in [2.75, 3.05) is 12.3 Å². The van der Waals surface area contributed by atoms with E-state index in [-0.39, 0.29) is 11.9 Å². The molecule has 0 radical (unpaired) electrons. The van der Waals surface area contributed by atoms with Gasteiger partial charge in [0.15, 0.2) is 5.65 Å². The predicted molar refractivity (Wildman–Crippen MR) is 154 cm³/mol. The van der Waals surface area contributed by atoms with Gasteiger partial charge in [-0.3, -0.25) is 4.79 Å². The summed E-state index contributed by atoms with van der Waals surface area (Å²) in [5.41, 5.74) is 10.7. The summed E-state index contributed by atoms with van der Waals surface area (Å²) < 4.78 is 7.44. The molecule has 5 rings (SSSR count). The number of nitrogens with two attached hydrogens (primary N) is 1. The van der Waals surface area contributed by atoms with Crippen molar-refractivity contribution < 1.29 is 9.53 Å². The minimum Gasteiger partial charge on any atom is -0.477 e. The van der Waals surface area contributed by atoms with Gasteiger partial charge in [0.2, 0.25) is 11.8 Å². The van der Waals surface area contributed by atoms with Crippen molar-refractivity contribution in [1.82, 2.24) is 24.9 Å². The zero-order valence-electron chi connectivity index (χ0n) is 21.9. The topological polar surface area (TPSA) is 107 Å². The summed E-state index contributed by atoms with van der Waals surface area (Å²) in [6.07, 6.45) is 5.24. The highest BCUT2D eigenvalue weighted by molar-refractivity contribution is 7.99. The average molecular weight is 539 g/mol. The fraction of sp³-hybridized carbons (Fsp3) is 0.200. The Labute approximate surface area is 231 Å². The van der Waals surface area contributed by atoms with E-state index in [9.17, 15) is 4.79 Å². The molecule has 0 aliphatic heterocycles. The van der Waals surface area contributed by atoms with Gasteiger partial charge in [0.05, 0.1) is 6.61 Å². The number of fused-ring (bicyclic) bond motifs is 1. The lowest BCUT2D eigenvalue weighted by Gasteiger charge is -2.14. The van der Waals surface area contributed by atoms with Crippen LogP contribution in [0.1, 0.15) is 41.8 Å². The molecular weight excluding hydrogens is 508 g/mol. The first-order chi connectivity index (χ1) is 19.1. The number of carbonyl (C=O) groups excluding carboxylic acids is 1. The number of aryl methyl sites for hydroxylation is 1. The Morgan fingerprint density at radius 2 is 1.74 bits per heavy atom. The molecule has 0 bridgehead atoms. The fourth-order valence-corrected chi connectivity index (χ4v) is 5.34. The van der Waals surface area contributed by atoms with Gasteiger partial charge in [-0.15, -0.1) is 5.10 Å². The Morgan fingerprint density at radius 1 is 1.00 bits per heavy atom. The second kappa shape index (κ2) is 12.0. The molecule has 198 valence electrons. The quantitative estimate of drug-likeness (QED) is 0.231. The van der Waals surface area contributed by atoms with E-state index >= 15 is 0 Å². The summed E-state index contributed by atoms with van der Waals surface area (Å²) in [6, 6.07) is 22.1. The lowest BCUT2D eigenvalue weighted by atomic mass is 10.1. The third-order valence-electron chi connectivity index (χ3n) is 6.21. The van der Waals surface area contributed by atoms with Crippen molar-refractivity contribution in [2.24, 2.45) is 0 Å². The number of carbonyl (C=O) groups is 1. The number of nitrogens with one attached hydrogen (secondary N) is 1. The van der Waals surface area contributed by atoms with Gasteiger partial charge in [-0.2, -0.15) is 4.98 Å². The molecule has 0 unspecified atom stereocenters. The van der Waals surface area contributed by atoms with Crippen molar-refractivity contribution in [3.05, 3.63) is 95.8 Å². The van der Waals surface area contributed by atoms with Crippen molar-refractivity contribution in [2.45, 2.75) is 43.0 Å². The number of rotatable bonds is 10. The van der Waals surface area contributed by atoms with E-state index in [1.54, 1.807) is 34.7 Å². The summed E-state index contributed by atoms with van der Waals surface area (Å²) in [5, 5.41) is 7.20. The van der Waals surface area contributed by atoms with Crippen LogP contribution in [0.15, 0.2) is 88.9 Å². The molecule has 0 spiro atoms. The van der Waals surface area contributed by atoms with Gasteiger partial charge in [-0.25, -0.2) is 9.50 Å². The number of amides is 1. The van der Waals surface area contributed by atoms with Crippen LogP contribution in [0.5, 0.6) is 5.88 Å². The van der Waals surface area contributed by atoms with Gasteiger partial charge >= 0.3 is 0 Å². The maximum Gasteiger partial charge on any atom is 0.257 e. The zero-order valence-corrected chi connectivity index (χ0v) is 22.7. The SMILES string of the molecule is CCCOc1ncc(-c2ccn3nc(N)nc3c2)cc1C(=O)NCc1ccccc1Sc1ccccc1CC. The molecular formula is C30H30N6O2S. The summed E-state index contributed by atoms with van der Waals surface area (Å²) >= 11 is 1.72. The van der Waals surface area contributed by atoms with E-state index in [1.165, 1.54) is 10.5 Å². The first-order valence-corrected chi connectivity index (χ1v) is 13.7. The maximum absolute atomic E-state index is 13.5. The molecule has 0 aliphatic carbocycles. The standard InChI is InChI=1S/C30H30N6O2S/c1-3-15-38-29-24(16-23(19-33-29)21-13-14-36-27(17-21)34-30(31)35-36)28(37)32-18-22-10-6-8-12-26(22)39-25-11-7-5-9-20(25)4-2/h5-14,16-17,19H,3-4,15,18H2,1-2H3,(H2,31,35)(H,32,37). The van der Waals surface area contributed by atoms with Crippen molar-refractivity contribution in [3.8, 4) is 17.0 Å². The third kappa shape index (κ3) is 6.04. The van der Waals surface area contributed by atoms with Crippen LogP contribution < -0.4 is 15.8 Å². The number of nitrogens with zero attached hydrogens (tertiary/aromatic N) is 4. The molecule has 2 aromatic carbocycles. The number of aromatic nitrogens is 4. The van der Waals surface area contributed by atoms with Gasteiger partial charge < -0.3 is 15.8 Å². The highest BCUT2D eigenvalue weighted by Crippen LogP contribution is 2.33. The molecule has 3 N–H and O–H groups in total. The Kier molecular flexibility index (Phi) is 8.07. The summed E-state index contributed by atoms with van der Waals surface area (Å²) in [6.45, 7) is 5.01. The van der Waals surface area contributed by atoms with Gasteiger partial charge in [-0.05, 0) is 59.9 Å². The highest BCUT2D eigenvalue weighted by Gasteiger charge is 2.17. The second-order valence-electron chi connectivity index (χ2n) is 8.97. The Balaban J connectivity index is 1.39. The van der Waals surface area contributed by atoms with E-state index in [0.717, 1.165) is 34.4 Å². The van der Waals surface area contributed by atoms with Crippen LogP contribution in [0.4, 0.5) is 5.95 Å². The van der Waals surface area contributed by atoms with Gasteiger partial charge in [-0.1, -0.05) is 62.0 Å². The molecule has 0 fully saturated rings. The Morgan fingerprint density at radius 3 is 2.51 bits per heavy atom. The van der Waals surface area contributed by atoms with E-state index in [1.807, 2.05) is 37.3 Å². The number of hydrogen-bond acceptors (Lipinski definition) is 7. The number of anilines is 1. The van der Waals surface area contributed by atoms with Crippen molar-refractivity contribution >= 4 is 29.3 Å². The Bertz CT molecular complexity index is 1620. The van der Waals surface area contributed by atoms with E-state index in [4.69, 9.17) is 10.5 Å². The van der Waals surface area contributed by atoms with E-state index < -0.39 is 0 Å².